The molecular weight excluding hydrogens is 218 g/mol. The Kier molecular flexibility index (Phi) is 3.58. The second-order valence-electron chi connectivity index (χ2n) is 6.25. The Morgan fingerprint density at radius 2 is 1.61 bits per heavy atom. The van der Waals surface area contributed by atoms with E-state index in [4.69, 9.17) is 0 Å². The van der Waals surface area contributed by atoms with E-state index in [-0.39, 0.29) is 0 Å². The van der Waals surface area contributed by atoms with Crippen LogP contribution in [0.2, 0.25) is 0 Å². The minimum absolute atomic E-state index is 0.797. The minimum atomic E-state index is 0.797. The van der Waals surface area contributed by atoms with Gasteiger partial charge in [0.1, 0.15) is 0 Å². The topological polar surface area (TPSA) is 3.24 Å². The van der Waals surface area contributed by atoms with Gasteiger partial charge in [-0.15, -0.1) is 0 Å². The van der Waals surface area contributed by atoms with E-state index in [9.17, 15) is 0 Å². The van der Waals surface area contributed by atoms with Gasteiger partial charge in [0.05, 0.1) is 0 Å². The Labute approximate surface area is 111 Å². The molecule has 2 aliphatic carbocycles. The largest absolute Gasteiger partial charge is 0.366 e. The zero-order chi connectivity index (χ0) is 12.4. The van der Waals surface area contributed by atoms with Crippen molar-refractivity contribution in [3.63, 3.8) is 0 Å². The Hall–Kier alpha value is -0.980. The number of hydrogen-bond acceptors (Lipinski definition) is 1. The molecule has 0 bridgehead atoms. The van der Waals surface area contributed by atoms with Crippen LogP contribution in [-0.4, -0.2) is 12.1 Å². The number of para-hydroxylation sites is 1. The van der Waals surface area contributed by atoms with E-state index < -0.39 is 0 Å². The molecule has 2 aliphatic rings. The lowest BCUT2D eigenvalue weighted by Gasteiger charge is -2.37. The molecule has 2 fully saturated rings. The van der Waals surface area contributed by atoms with Crippen molar-refractivity contribution in [1.82, 2.24) is 0 Å². The zero-order valence-electron chi connectivity index (χ0n) is 11.5. The van der Waals surface area contributed by atoms with Gasteiger partial charge in [0.15, 0.2) is 0 Å². The van der Waals surface area contributed by atoms with E-state index in [0.717, 1.165) is 18.0 Å². The lowest BCUT2D eigenvalue weighted by molar-refractivity contribution is 0.498. The van der Waals surface area contributed by atoms with Gasteiger partial charge in [-0.1, -0.05) is 38.0 Å². The van der Waals surface area contributed by atoms with Crippen LogP contribution >= 0.6 is 0 Å². The molecule has 1 aromatic carbocycles. The molecule has 0 aromatic heterocycles. The van der Waals surface area contributed by atoms with Gasteiger partial charge < -0.3 is 4.90 Å². The monoisotopic (exact) mass is 243 g/mol. The number of rotatable bonds is 3. The van der Waals surface area contributed by atoms with E-state index in [1.165, 1.54) is 50.6 Å². The molecule has 3 rings (SSSR count). The molecule has 1 heteroatoms. The SMILES string of the molecule is CC1CCC(N(c2ccccc2)C2CCCC2)C1. The summed E-state index contributed by atoms with van der Waals surface area (Å²) in [6.07, 6.45) is 9.87. The van der Waals surface area contributed by atoms with E-state index in [0.29, 0.717) is 0 Å². The highest BCUT2D eigenvalue weighted by Crippen LogP contribution is 2.37. The highest BCUT2D eigenvalue weighted by atomic mass is 15.2. The molecule has 18 heavy (non-hydrogen) atoms. The maximum atomic E-state index is 2.77. The van der Waals surface area contributed by atoms with Gasteiger partial charge in [-0.05, 0) is 50.2 Å². The van der Waals surface area contributed by atoms with Gasteiger partial charge in [0.25, 0.3) is 0 Å². The van der Waals surface area contributed by atoms with Crippen molar-refractivity contribution >= 4 is 5.69 Å². The van der Waals surface area contributed by atoms with Gasteiger partial charge in [0.2, 0.25) is 0 Å². The summed E-state index contributed by atoms with van der Waals surface area (Å²) in [5.74, 6) is 0.919. The minimum Gasteiger partial charge on any atom is -0.366 e. The van der Waals surface area contributed by atoms with Crippen LogP contribution in [0.25, 0.3) is 0 Å². The van der Waals surface area contributed by atoms with Crippen molar-refractivity contribution in [2.75, 3.05) is 4.90 Å². The molecule has 0 spiro atoms. The molecule has 2 atom stereocenters. The summed E-state index contributed by atoms with van der Waals surface area (Å²) in [6, 6.07) is 12.7. The van der Waals surface area contributed by atoms with E-state index in [2.05, 4.69) is 42.2 Å². The third-order valence-electron chi connectivity index (χ3n) is 4.83. The van der Waals surface area contributed by atoms with Crippen LogP contribution in [0.4, 0.5) is 5.69 Å². The average Bonchev–Trinajstić information content (AvgIpc) is 3.04. The van der Waals surface area contributed by atoms with Gasteiger partial charge in [-0.25, -0.2) is 0 Å². The standard InChI is InChI=1S/C17H25N/c1-14-11-12-17(13-14)18(16-9-5-6-10-16)15-7-3-2-4-8-15/h2-4,7-8,14,16-17H,5-6,9-13H2,1H3. The fourth-order valence-corrected chi connectivity index (χ4v) is 3.93. The Morgan fingerprint density at radius 3 is 2.22 bits per heavy atom. The van der Waals surface area contributed by atoms with E-state index >= 15 is 0 Å². The third kappa shape index (κ3) is 2.41. The predicted octanol–water partition coefficient (Wildman–Crippen LogP) is 4.62. The van der Waals surface area contributed by atoms with Crippen molar-refractivity contribution in [3.05, 3.63) is 30.3 Å². The first-order chi connectivity index (χ1) is 8.84. The Bertz CT molecular complexity index is 366. The molecule has 0 N–H and O–H groups in total. The van der Waals surface area contributed by atoms with Gasteiger partial charge in [-0.2, -0.15) is 0 Å². The second kappa shape index (κ2) is 5.34. The number of benzene rings is 1. The molecule has 0 radical (unpaired) electrons. The van der Waals surface area contributed by atoms with E-state index in [1.807, 2.05) is 0 Å². The Morgan fingerprint density at radius 1 is 0.889 bits per heavy atom. The normalized spacial score (nSPS) is 28.7. The molecule has 2 saturated carbocycles. The van der Waals surface area contributed by atoms with Crippen molar-refractivity contribution < 1.29 is 0 Å². The molecular formula is C17H25N. The summed E-state index contributed by atoms with van der Waals surface area (Å²) in [5, 5.41) is 0. The maximum Gasteiger partial charge on any atom is 0.0371 e. The van der Waals surface area contributed by atoms with Gasteiger partial charge >= 0.3 is 0 Å². The lowest BCUT2D eigenvalue weighted by atomic mass is 10.1. The van der Waals surface area contributed by atoms with Crippen LogP contribution < -0.4 is 4.90 Å². The molecule has 0 saturated heterocycles. The smallest absolute Gasteiger partial charge is 0.0371 e. The molecule has 1 nitrogen and oxygen atoms in total. The van der Waals surface area contributed by atoms with Crippen molar-refractivity contribution in [2.45, 2.75) is 64.0 Å². The summed E-state index contributed by atoms with van der Waals surface area (Å²) in [7, 11) is 0. The fraction of sp³-hybridized carbons (Fsp3) is 0.647. The second-order valence-corrected chi connectivity index (χ2v) is 6.25. The summed E-state index contributed by atoms with van der Waals surface area (Å²) >= 11 is 0. The van der Waals surface area contributed by atoms with Gasteiger partial charge in [0, 0.05) is 17.8 Å². The zero-order valence-corrected chi connectivity index (χ0v) is 11.5. The molecule has 0 amide bonds. The molecule has 98 valence electrons. The molecule has 2 unspecified atom stereocenters. The summed E-state index contributed by atoms with van der Waals surface area (Å²) in [5.41, 5.74) is 1.46. The average molecular weight is 243 g/mol. The van der Waals surface area contributed by atoms with Crippen LogP contribution in [0.15, 0.2) is 30.3 Å². The van der Waals surface area contributed by atoms with Crippen LogP contribution in [-0.2, 0) is 0 Å². The third-order valence-corrected chi connectivity index (χ3v) is 4.83. The van der Waals surface area contributed by atoms with Crippen LogP contribution in [0.3, 0.4) is 0 Å². The fourth-order valence-electron chi connectivity index (χ4n) is 3.93. The number of hydrogen-bond donors (Lipinski definition) is 0. The first kappa shape index (κ1) is 12.1. The van der Waals surface area contributed by atoms with E-state index in [1.54, 1.807) is 0 Å². The van der Waals surface area contributed by atoms with Gasteiger partial charge in [-0.3, -0.25) is 0 Å². The highest BCUT2D eigenvalue weighted by Gasteiger charge is 2.32. The van der Waals surface area contributed by atoms with Crippen LogP contribution in [0, 0.1) is 5.92 Å². The summed E-state index contributed by atoms with van der Waals surface area (Å²) < 4.78 is 0. The first-order valence-electron chi connectivity index (χ1n) is 7.68. The lowest BCUT2D eigenvalue weighted by Crippen LogP contribution is -2.41. The Balaban J connectivity index is 1.83. The van der Waals surface area contributed by atoms with Crippen LogP contribution in [0.5, 0.6) is 0 Å². The quantitative estimate of drug-likeness (QED) is 0.748. The maximum absolute atomic E-state index is 2.77. The first-order valence-corrected chi connectivity index (χ1v) is 7.68. The van der Waals surface area contributed by atoms with Crippen LogP contribution in [0.1, 0.15) is 51.9 Å². The molecule has 1 aromatic rings. The number of anilines is 1. The molecule has 0 heterocycles. The van der Waals surface area contributed by atoms with Crippen molar-refractivity contribution in [3.8, 4) is 0 Å². The summed E-state index contributed by atoms with van der Waals surface area (Å²) in [6.45, 7) is 2.41. The van der Waals surface area contributed by atoms with Crippen molar-refractivity contribution in [2.24, 2.45) is 5.92 Å². The predicted molar refractivity (Wildman–Crippen MR) is 78.0 cm³/mol. The van der Waals surface area contributed by atoms with Crippen molar-refractivity contribution in [1.29, 1.82) is 0 Å². The molecule has 0 aliphatic heterocycles. The number of nitrogens with zero attached hydrogens (tertiary/aromatic N) is 1. The highest BCUT2D eigenvalue weighted by molar-refractivity contribution is 5.48. The summed E-state index contributed by atoms with van der Waals surface area (Å²) in [4.78, 5) is 2.77.